The molecule has 0 aliphatic carbocycles. The van der Waals surface area contributed by atoms with Gasteiger partial charge in [-0.25, -0.2) is 4.90 Å². The van der Waals surface area contributed by atoms with E-state index in [0.29, 0.717) is 23.5 Å². The van der Waals surface area contributed by atoms with Crippen molar-refractivity contribution in [2.75, 3.05) is 18.7 Å². The SMILES string of the molecule is COCc1cccc(N2C=CC3=NC(c4ccc(Cl)cc4)=C(Cl)[NH+]3C2)c1. The Morgan fingerprint density at radius 2 is 1.96 bits per heavy atom. The van der Waals surface area contributed by atoms with Gasteiger partial charge >= 0.3 is 0 Å². The van der Waals surface area contributed by atoms with E-state index in [9.17, 15) is 0 Å². The number of halogens is 2. The molecule has 2 aromatic rings. The first-order chi connectivity index (χ1) is 12.7. The van der Waals surface area contributed by atoms with Gasteiger partial charge in [0.1, 0.15) is 0 Å². The molecule has 0 saturated heterocycles. The molecule has 2 aliphatic heterocycles. The summed E-state index contributed by atoms with van der Waals surface area (Å²) in [6, 6.07) is 15.9. The summed E-state index contributed by atoms with van der Waals surface area (Å²) in [6.45, 7) is 1.28. The van der Waals surface area contributed by atoms with E-state index in [4.69, 9.17) is 32.9 Å². The number of nitrogens with zero attached hydrogens (tertiary/aromatic N) is 2. The van der Waals surface area contributed by atoms with Crippen LogP contribution in [0.2, 0.25) is 5.02 Å². The van der Waals surface area contributed by atoms with Crippen molar-refractivity contribution in [1.29, 1.82) is 0 Å². The van der Waals surface area contributed by atoms with Gasteiger partial charge in [-0.05, 0) is 41.4 Å². The minimum atomic E-state index is 0.593. The van der Waals surface area contributed by atoms with Gasteiger partial charge < -0.3 is 4.74 Å². The van der Waals surface area contributed by atoms with Crippen molar-refractivity contribution < 1.29 is 9.64 Å². The fraction of sp³-hybridized carbons (Fsp3) is 0.150. The zero-order valence-corrected chi connectivity index (χ0v) is 15.8. The highest BCUT2D eigenvalue weighted by molar-refractivity contribution is 6.33. The maximum absolute atomic E-state index is 6.67. The lowest BCUT2D eigenvalue weighted by molar-refractivity contribution is -0.749. The Bertz CT molecular complexity index is 919. The van der Waals surface area contributed by atoms with Crippen molar-refractivity contribution in [3.63, 3.8) is 0 Å². The molecule has 4 rings (SSSR count). The van der Waals surface area contributed by atoms with E-state index < -0.39 is 0 Å². The van der Waals surface area contributed by atoms with Gasteiger partial charge in [-0.15, -0.1) is 0 Å². The van der Waals surface area contributed by atoms with Gasteiger partial charge in [-0.2, -0.15) is 4.99 Å². The minimum Gasteiger partial charge on any atom is -0.380 e. The molecule has 2 heterocycles. The Kier molecular flexibility index (Phi) is 4.83. The van der Waals surface area contributed by atoms with Gasteiger partial charge in [0.05, 0.1) is 6.61 Å². The Labute approximate surface area is 162 Å². The summed E-state index contributed by atoms with van der Waals surface area (Å²) in [5.74, 6) is 0.921. The maximum atomic E-state index is 6.67. The van der Waals surface area contributed by atoms with Crippen LogP contribution >= 0.6 is 23.2 Å². The van der Waals surface area contributed by atoms with E-state index in [1.54, 1.807) is 7.11 Å². The zero-order valence-electron chi connectivity index (χ0n) is 14.2. The van der Waals surface area contributed by atoms with Crippen LogP contribution in [0, 0.1) is 0 Å². The lowest BCUT2D eigenvalue weighted by Gasteiger charge is -2.27. The summed E-state index contributed by atoms with van der Waals surface area (Å²) >= 11 is 12.7. The molecule has 1 unspecified atom stereocenters. The van der Waals surface area contributed by atoms with Gasteiger partial charge in [0, 0.05) is 35.7 Å². The van der Waals surface area contributed by atoms with Crippen molar-refractivity contribution in [3.05, 3.63) is 82.1 Å². The highest BCUT2D eigenvalue weighted by atomic mass is 35.5. The summed E-state index contributed by atoms with van der Waals surface area (Å²) in [7, 11) is 1.70. The molecule has 0 radical (unpaired) electrons. The van der Waals surface area contributed by atoms with Crippen molar-refractivity contribution in [2.24, 2.45) is 4.99 Å². The number of hydrogen-bond donors (Lipinski definition) is 1. The molecular weight excluding hydrogens is 369 g/mol. The molecule has 132 valence electrons. The first kappa shape index (κ1) is 17.3. The summed E-state index contributed by atoms with van der Waals surface area (Å²) in [5.41, 5.74) is 4.01. The molecule has 6 heteroatoms. The topological polar surface area (TPSA) is 29.3 Å². The fourth-order valence-electron chi connectivity index (χ4n) is 3.13. The normalized spacial score (nSPS) is 19.0. The van der Waals surface area contributed by atoms with Gasteiger partial charge in [0.15, 0.2) is 12.4 Å². The van der Waals surface area contributed by atoms with E-state index in [1.165, 1.54) is 0 Å². The van der Waals surface area contributed by atoms with Crippen LogP contribution in [-0.2, 0) is 11.3 Å². The highest BCUT2D eigenvalue weighted by Gasteiger charge is 2.34. The van der Waals surface area contributed by atoms with Crippen molar-refractivity contribution >= 4 is 40.4 Å². The van der Waals surface area contributed by atoms with Crippen LogP contribution in [0.4, 0.5) is 5.69 Å². The molecule has 0 aromatic heterocycles. The van der Waals surface area contributed by atoms with Crippen molar-refractivity contribution in [2.45, 2.75) is 6.61 Å². The van der Waals surface area contributed by atoms with E-state index in [0.717, 1.165) is 33.2 Å². The van der Waals surface area contributed by atoms with Gasteiger partial charge in [0.2, 0.25) is 11.0 Å². The van der Waals surface area contributed by atoms with Crippen LogP contribution in [0.25, 0.3) is 5.70 Å². The lowest BCUT2D eigenvalue weighted by atomic mass is 10.2. The minimum absolute atomic E-state index is 0.593. The number of methoxy groups -OCH3 is 1. The molecule has 4 nitrogen and oxygen atoms in total. The van der Waals surface area contributed by atoms with Gasteiger partial charge in [-0.3, -0.25) is 4.90 Å². The number of rotatable bonds is 4. The number of hydrogen-bond acceptors (Lipinski definition) is 3. The third-order valence-electron chi connectivity index (χ3n) is 4.43. The number of nitrogens with one attached hydrogen (secondary N) is 1. The van der Waals surface area contributed by atoms with Gasteiger partial charge in [-0.1, -0.05) is 35.9 Å². The number of quaternary nitrogens is 1. The first-order valence-electron chi connectivity index (χ1n) is 8.29. The van der Waals surface area contributed by atoms with Crippen LogP contribution in [0.15, 0.2) is 71.0 Å². The third-order valence-corrected chi connectivity index (χ3v) is 5.09. The van der Waals surface area contributed by atoms with Crippen LogP contribution < -0.4 is 9.80 Å². The van der Waals surface area contributed by atoms with Crippen molar-refractivity contribution in [1.82, 2.24) is 0 Å². The Hall–Kier alpha value is -2.11. The van der Waals surface area contributed by atoms with E-state index in [2.05, 4.69) is 23.1 Å². The monoisotopic (exact) mass is 386 g/mol. The Morgan fingerprint density at radius 1 is 1.15 bits per heavy atom. The average Bonchev–Trinajstić information content (AvgIpc) is 2.99. The maximum Gasteiger partial charge on any atom is 0.235 e. The predicted molar refractivity (Wildman–Crippen MR) is 106 cm³/mol. The average molecular weight is 387 g/mol. The number of benzene rings is 2. The van der Waals surface area contributed by atoms with E-state index in [1.807, 2.05) is 42.6 Å². The Morgan fingerprint density at radius 3 is 2.73 bits per heavy atom. The summed E-state index contributed by atoms with van der Waals surface area (Å²) in [4.78, 5) is 7.92. The zero-order chi connectivity index (χ0) is 18.1. The largest absolute Gasteiger partial charge is 0.380 e. The number of fused-ring (bicyclic) bond motifs is 1. The number of anilines is 1. The number of aliphatic imine (C=N–C) groups is 1. The van der Waals surface area contributed by atoms with E-state index in [-0.39, 0.29) is 0 Å². The lowest BCUT2D eigenvalue weighted by Crippen LogP contribution is -3.13. The molecule has 26 heavy (non-hydrogen) atoms. The number of ether oxygens (including phenoxy) is 1. The van der Waals surface area contributed by atoms with Crippen molar-refractivity contribution in [3.8, 4) is 0 Å². The molecule has 1 N–H and O–H groups in total. The molecule has 0 fully saturated rings. The molecule has 0 bridgehead atoms. The smallest absolute Gasteiger partial charge is 0.235 e. The van der Waals surface area contributed by atoms with Gasteiger partial charge in [0.25, 0.3) is 0 Å². The van der Waals surface area contributed by atoms with E-state index >= 15 is 0 Å². The molecule has 2 aliphatic rings. The summed E-state index contributed by atoms with van der Waals surface area (Å²) in [5, 5.41) is 1.40. The molecule has 2 aromatic carbocycles. The summed E-state index contributed by atoms with van der Waals surface area (Å²) in [6.07, 6.45) is 4.05. The second kappa shape index (κ2) is 7.25. The quantitative estimate of drug-likeness (QED) is 0.812. The van der Waals surface area contributed by atoms with Crippen LogP contribution in [-0.4, -0.2) is 19.6 Å². The molecule has 1 atom stereocenters. The summed E-state index contributed by atoms with van der Waals surface area (Å²) < 4.78 is 5.23. The standard InChI is InChI=1S/C20H17Cl2N3O/c1-26-12-14-3-2-4-17(11-14)24-10-9-18-23-19(20(22)25(18)13-24)15-5-7-16(21)8-6-15/h2-11H,12-13H2,1H3/p+1. The second-order valence-electron chi connectivity index (χ2n) is 6.19. The van der Waals surface area contributed by atoms with Crippen LogP contribution in [0.3, 0.4) is 0 Å². The highest BCUT2D eigenvalue weighted by Crippen LogP contribution is 2.26. The molecule has 0 saturated carbocycles. The number of amidine groups is 1. The van der Waals surface area contributed by atoms with Crippen LogP contribution in [0.5, 0.6) is 0 Å². The third kappa shape index (κ3) is 3.29. The fourth-order valence-corrected chi connectivity index (χ4v) is 3.57. The molecule has 0 amide bonds. The molecular formula is C20H18Cl2N3O+. The first-order valence-corrected chi connectivity index (χ1v) is 9.05. The van der Waals surface area contributed by atoms with Crippen LogP contribution in [0.1, 0.15) is 11.1 Å². The predicted octanol–water partition coefficient (Wildman–Crippen LogP) is 3.64. The molecule has 0 spiro atoms. The second-order valence-corrected chi connectivity index (χ2v) is 7.01. The Balaban J connectivity index is 1.61.